The lowest BCUT2D eigenvalue weighted by atomic mass is 9.99. The molecule has 0 N–H and O–H groups in total. The number of hydrogen-bond acceptors (Lipinski definition) is 6. The Balaban J connectivity index is 4.26. The number of esters is 3. The Bertz CT molecular complexity index is 947. The van der Waals surface area contributed by atoms with Gasteiger partial charge in [0.2, 0.25) is 0 Å². The molecule has 1 unspecified atom stereocenters. The van der Waals surface area contributed by atoms with Crippen LogP contribution in [0, 0.1) is 17.8 Å². The Morgan fingerprint density at radius 2 is 0.574 bits per heavy atom. The van der Waals surface area contributed by atoms with Crippen LogP contribution in [0.3, 0.4) is 0 Å². The Hall–Kier alpha value is -1.59. The summed E-state index contributed by atoms with van der Waals surface area (Å²) in [6.07, 6.45) is 46.6. The van der Waals surface area contributed by atoms with E-state index in [0.29, 0.717) is 19.3 Å². The molecule has 0 radical (unpaired) electrons. The van der Waals surface area contributed by atoms with E-state index in [9.17, 15) is 14.4 Å². The van der Waals surface area contributed by atoms with Crippen molar-refractivity contribution < 1.29 is 28.6 Å². The first kappa shape index (κ1) is 59.4. The van der Waals surface area contributed by atoms with Gasteiger partial charge < -0.3 is 14.2 Å². The van der Waals surface area contributed by atoms with Gasteiger partial charge in [0.15, 0.2) is 6.10 Å². The SMILES string of the molecule is CCC(C)CCCCCCCCCCC(=O)O[C@H](COC(=O)CCCCCCCCCCCCCCCCCCC(C)C)COC(=O)CCCCCCCCCCCC(C)C. The van der Waals surface area contributed by atoms with Crippen LogP contribution in [0.15, 0.2) is 0 Å². The maximum atomic E-state index is 12.8. The minimum Gasteiger partial charge on any atom is -0.462 e. The van der Waals surface area contributed by atoms with E-state index in [-0.39, 0.29) is 31.1 Å². The molecule has 0 saturated heterocycles. The highest BCUT2D eigenvalue weighted by Crippen LogP contribution is 2.18. The van der Waals surface area contributed by atoms with E-state index in [2.05, 4.69) is 41.5 Å². The minimum atomic E-state index is -0.763. The second-order valence-electron chi connectivity index (χ2n) is 20.1. The molecule has 61 heavy (non-hydrogen) atoms. The maximum Gasteiger partial charge on any atom is 0.306 e. The molecule has 0 heterocycles. The van der Waals surface area contributed by atoms with Crippen LogP contribution in [-0.2, 0) is 28.6 Å². The molecule has 0 aromatic carbocycles. The van der Waals surface area contributed by atoms with Crippen molar-refractivity contribution in [1.82, 2.24) is 0 Å². The van der Waals surface area contributed by atoms with Crippen LogP contribution < -0.4 is 0 Å². The highest BCUT2D eigenvalue weighted by Gasteiger charge is 2.19. The Morgan fingerprint density at radius 3 is 0.852 bits per heavy atom. The average molecular weight is 863 g/mol. The first-order chi connectivity index (χ1) is 29.6. The molecule has 0 aliphatic carbocycles. The molecule has 0 aliphatic heterocycles. The summed E-state index contributed by atoms with van der Waals surface area (Å²) in [5.41, 5.74) is 0. The molecule has 362 valence electrons. The number of ether oxygens (including phenoxy) is 3. The van der Waals surface area contributed by atoms with Crippen LogP contribution in [-0.4, -0.2) is 37.2 Å². The fourth-order valence-electron chi connectivity index (χ4n) is 8.26. The summed E-state index contributed by atoms with van der Waals surface area (Å²) in [4.78, 5) is 38.0. The first-order valence-corrected chi connectivity index (χ1v) is 27.1. The van der Waals surface area contributed by atoms with Crippen LogP contribution in [0.1, 0.15) is 298 Å². The van der Waals surface area contributed by atoms with E-state index < -0.39 is 6.10 Å². The summed E-state index contributed by atoms with van der Waals surface area (Å²) in [5, 5.41) is 0. The number of hydrogen-bond donors (Lipinski definition) is 0. The van der Waals surface area contributed by atoms with Crippen LogP contribution >= 0.6 is 0 Å². The summed E-state index contributed by atoms with van der Waals surface area (Å²) in [6.45, 7) is 13.7. The molecule has 0 aromatic heterocycles. The molecule has 6 nitrogen and oxygen atoms in total. The van der Waals surface area contributed by atoms with Crippen molar-refractivity contribution in [2.45, 2.75) is 304 Å². The fraction of sp³-hybridized carbons (Fsp3) is 0.945. The zero-order valence-corrected chi connectivity index (χ0v) is 42.0. The first-order valence-electron chi connectivity index (χ1n) is 27.1. The zero-order valence-electron chi connectivity index (χ0n) is 42.0. The summed E-state index contributed by atoms with van der Waals surface area (Å²) in [6, 6.07) is 0. The highest BCUT2D eigenvalue weighted by atomic mass is 16.6. The van der Waals surface area contributed by atoms with Gasteiger partial charge in [0.05, 0.1) is 0 Å². The standard InChI is InChI=1S/C55H106O6/c1-7-51(6)43-37-31-25-21-22-28-34-40-46-55(58)61-52(48-60-54(57)45-39-33-27-20-16-18-24-30-36-42-50(4)5)47-59-53(56)44-38-32-26-19-15-13-11-9-8-10-12-14-17-23-29-35-41-49(2)3/h49-52H,7-48H2,1-6H3/t51?,52-/m1/s1. The molecule has 0 aliphatic rings. The van der Waals surface area contributed by atoms with Crippen molar-refractivity contribution in [3.05, 3.63) is 0 Å². The molecule has 2 atom stereocenters. The third-order valence-electron chi connectivity index (χ3n) is 12.8. The molecule has 0 fully saturated rings. The van der Waals surface area contributed by atoms with E-state index >= 15 is 0 Å². The van der Waals surface area contributed by atoms with E-state index in [0.717, 1.165) is 75.5 Å². The molecular weight excluding hydrogens is 757 g/mol. The van der Waals surface area contributed by atoms with Gasteiger partial charge in [-0.15, -0.1) is 0 Å². The number of rotatable bonds is 48. The Morgan fingerprint density at radius 1 is 0.328 bits per heavy atom. The molecule has 6 heteroatoms. The highest BCUT2D eigenvalue weighted by molar-refractivity contribution is 5.71. The zero-order chi connectivity index (χ0) is 44.9. The van der Waals surface area contributed by atoms with Crippen LogP contribution in [0.5, 0.6) is 0 Å². The van der Waals surface area contributed by atoms with Gasteiger partial charge >= 0.3 is 17.9 Å². The number of carbonyl (C=O) groups is 3. The van der Waals surface area contributed by atoms with Crippen LogP contribution in [0.4, 0.5) is 0 Å². The average Bonchev–Trinajstić information content (AvgIpc) is 3.23. The molecule has 0 saturated carbocycles. The molecule has 0 aromatic rings. The van der Waals surface area contributed by atoms with Crippen molar-refractivity contribution >= 4 is 17.9 Å². The maximum absolute atomic E-state index is 12.8. The quantitative estimate of drug-likeness (QED) is 0.0344. The normalized spacial score (nSPS) is 12.6. The van der Waals surface area contributed by atoms with Gasteiger partial charge in [-0.2, -0.15) is 0 Å². The van der Waals surface area contributed by atoms with Crippen molar-refractivity contribution in [3.8, 4) is 0 Å². The van der Waals surface area contributed by atoms with Crippen LogP contribution in [0.25, 0.3) is 0 Å². The topological polar surface area (TPSA) is 78.9 Å². The largest absolute Gasteiger partial charge is 0.462 e. The molecule has 0 rings (SSSR count). The summed E-state index contributed by atoms with van der Waals surface area (Å²) in [5.74, 6) is 1.65. The Labute approximate surface area is 380 Å². The molecular formula is C55H106O6. The lowest BCUT2D eigenvalue weighted by Crippen LogP contribution is -2.30. The van der Waals surface area contributed by atoms with Gasteiger partial charge in [0.25, 0.3) is 0 Å². The summed E-state index contributed by atoms with van der Waals surface area (Å²) in [7, 11) is 0. The van der Waals surface area contributed by atoms with Crippen molar-refractivity contribution in [1.29, 1.82) is 0 Å². The number of unbranched alkanes of at least 4 members (excludes halogenated alkanes) is 30. The van der Waals surface area contributed by atoms with E-state index in [1.54, 1.807) is 0 Å². The van der Waals surface area contributed by atoms with Gasteiger partial charge in [-0.05, 0) is 37.0 Å². The Kier molecular flexibility index (Phi) is 45.2. The van der Waals surface area contributed by atoms with Gasteiger partial charge in [0.1, 0.15) is 13.2 Å². The van der Waals surface area contributed by atoms with Gasteiger partial charge in [0, 0.05) is 19.3 Å². The second kappa shape index (κ2) is 46.4. The summed E-state index contributed by atoms with van der Waals surface area (Å²) < 4.78 is 16.8. The van der Waals surface area contributed by atoms with E-state index in [4.69, 9.17) is 14.2 Å². The number of carbonyl (C=O) groups excluding carboxylic acids is 3. The lowest BCUT2D eigenvalue weighted by Gasteiger charge is -2.18. The molecule has 0 spiro atoms. The fourth-order valence-corrected chi connectivity index (χ4v) is 8.26. The molecule has 0 amide bonds. The predicted octanol–water partition coefficient (Wildman–Crippen LogP) is 17.6. The van der Waals surface area contributed by atoms with Gasteiger partial charge in [-0.1, -0.05) is 260 Å². The predicted molar refractivity (Wildman–Crippen MR) is 261 cm³/mol. The monoisotopic (exact) mass is 863 g/mol. The smallest absolute Gasteiger partial charge is 0.306 e. The minimum absolute atomic E-state index is 0.0647. The van der Waals surface area contributed by atoms with E-state index in [1.165, 1.54) is 180 Å². The van der Waals surface area contributed by atoms with Gasteiger partial charge in [-0.25, -0.2) is 0 Å². The van der Waals surface area contributed by atoms with Crippen LogP contribution in [0.2, 0.25) is 0 Å². The van der Waals surface area contributed by atoms with Crippen molar-refractivity contribution in [2.75, 3.05) is 13.2 Å². The van der Waals surface area contributed by atoms with Crippen molar-refractivity contribution in [3.63, 3.8) is 0 Å². The summed E-state index contributed by atoms with van der Waals surface area (Å²) >= 11 is 0. The van der Waals surface area contributed by atoms with Crippen molar-refractivity contribution in [2.24, 2.45) is 17.8 Å². The van der Waals surface area contributed by atoms with Gasteiger partial charge in [-0.3, -0.25) is 14.4 Å². The third-order valence-corrected chi connectivity index (χ3v) is 12.8. The lowest BCUT2D eigenvalue weighted by molar-refractivity contribution is -0.167. The third kappa shape index (κ3) is 47.7. The second-order valence-corrected chi connectivity index (χ2v) is 20.1. The van der Waals surface area contributed by atoms with E-state index in [1.807, 2.05) is 0 Å². The molecule has 0 bridgehead atoms.